The fourth-order valence-electron chi connectivity index (χ4n) is 3.54. The fraction of sp³-hybridized carbons (Fsp3) is 0. The fourth-order valence-corrected chi connectivity index (χ4v) is 4.54. The van der Waals surface area contributed by atoms with Crippen molar-refractivity contribution < 1.29 is 4.42 Å². The lowest BCUT2D eigenvalue weighted by atomic mass is 10.2. The van der Waals surface area contributed by atoms with Crippen molar-refractivity contribution in [3.63, 3.8) is 0 Å². The molecule has 3 aromatic carbocycles. The molecule has 158 valence electrons. The lowest BCUT2D eigenvalue weighted by molar-refractivity contribution is 0.584. The van der Waals surface area contributed by atoms with Gasteiger partial charge in [0.2, 0.25) is 11.8 Å². The summed E-state index contributed by atoms with van der Waals surface area (Å²) in [7, 11) is 0. The Labute approximate surface area is 193 Å². The molecule has 2 N–H and O–H groups in total. The van der Waals surface area contributed by atoms with Crippen LogP contribution in [0.15, 0.2) is 100 Å². The molecule has 2 heterocycles. The predicted molar refractivity (Wildman–Crippen MR) is 131 cm³/mol. The monoisotopic (exact) mass is 447 g/mol. The summed E-state index contributed by atoms with van der Waals surface area (Å²) < 4.78 is 6.99. The van der Waals surface area contributed by atoms with Crippen LogP contribution in [0.4, 0.5) is 11.4 Å². The third-order valence-corrected chi connectivity index (χ3v) is 6.34. The van der Waals surface area contributed by atoms with Crippen molar-refractivity contribution in [2.45, 2.75) is 0 Å². The number of anilines is 1. The summed E-state index contributed by atoms with van der Waals surface area (Å²) in [4.78, 5) is 10.6. The molecule has 0 radical (unpaired) electrons. The summed E-state index contributed by atoms with van der Waals surface area (Å²) in [5.74, 6) is 0.913. The minimum Gasteiger partial charge on any atom is -0.416 e. The van der Waals surface area contributed by atoms with Gasteiger partial charge in [-0.3, -0.25) is 0 Å². The van der Waals surface area contributed by atoms with Gasteiger partial charge in [0.25, 0.3) is 0 Å². The van der Waals surface area contributed by atoms with Gasteiger partial charge in [-0.1, -0.05) is 12.1 Å². The Morgan fingerprint density at radius 2 is 1.45 bits per heavy atom. The molecule has 33 heavy (non-hydrogen) atoms. The van der Waals surface area contributed by atoms with Gasteiger partial charge in [-0.2, -0.15) is 0 Å². The van der Waals surface area contributed by atoms with Gasteiger partial charge in [-0.05, 0) is 78.9 Å². The Morgan fingerprint density at radius 3 is 2.21 bits per heavy atom. The molecule has 0 bridgehead atoms. The number of nitrogens with two attached hydrogens (primary N) is 1. The van der Waals surface area contributed by atoms with Crippen LogP contribution in [-0.2, 0) is 0 Å². The van der Waals surface area contributed by atoms with Gasteiger partial charge in [0.05, 0.1) is 31.8 Å². The Bertz CT molecular complexity index is 1620. The van der Waals surface area contributed by atoms with Gasteiger partial charge in [-0.15, -0.1) is 21.5 Å². The first-order valence-corrected chi connectivity index (χ1v) is 11.2. The van der Waals surface area contributed by atoms with E-state index in [0.717, 1.165) is 43.0 Å². The summed E-state index contributed by atoms with van der Waals surface area (Å²) in [5, 5.41) is 9.20. The number of aromatic nitrogens is 3. The van der Waals surface area contributed by atoms with E-state index in [1.807, 2.05) is 78.9 Å². The van der Waals surface area contributed by atoms with Crippen molar-refractivity contribution in [3.8, 4) is 33.5 Å². The van der Waals surface area contributed by atoms with Crippen molar-refractivity contribution in [1.29, 1.82) is 0 Å². The van der Waals surface area contributed by atoms with Gasteiger partial charge in [0.15, 0.2) is 0 Å². The van der Waals surface area contributed by atoms with Crippen LogP contribution in [0, 0.1) is 0 Å². The molecule has 0 atom stereocenters. The minimum atomic E-state index is 0.456. The summed E-state index contributed by atoms with van der Waals surface area (Å²) in [6.45, 7) is 0. The second-order valence-electron chi connectivity index (χ2n) is 7.53. The molecular formula is C26H17N5OS. The van der Waals surface area contributed by atoms with Gasteiger partial charge in [-0.25, -0.2) is 9.98 Å². The molecule has 0 amide bonds. The van der Waals surface area contributed by atoms with Crippen LogP contribution in [-0.4, -0.2) is 15.2 Å². The van der Waals surface area contributed by atoms with Crippen molar-refractivity contribution in [2.75, 3.05) is 5.73 Å². The van der Waals surface area contributed by atoms with Crippen LogP contribution in [0.5, 0.6) is 0 Å². The molecule has 4 aromatic rings. The number of nitrogens with zero attached hydrogens (tertiary/aromatic N) is 4. The number of para-hydroxylation sites is 1. The smallest absolute Gasteiger partial charge is 0.248 e. The Kier molecular flexibility index (Phi) is 4.66. The molecule has 6 nitrogen and oxygen atoms in total. The summed E-state index contributed by atoms with van der Waals surface area (Å²) in [6.07, 6.45) is 0. The molecule has 1 aromatic heterocycles. The van der Waals surface area contributed by atoms with Gasteiger partial charge in [0.1, 0.15) is 0 Å². The van der Waals surface area contributed by atoms with Gasteiger partial charge >= 0.3 is 0 Å². The highest BCUT2D eigenvalue weighted by Crippen LogP contribution is 2.29. The predicted octanol–water partition coefficient (Wildman–Crippen LogP) is 5.93. The van der Waals surface area contributed by atoms with E-state index in [2.05, 4.69) is 22.3 Å². The molecule has 7 heteroatoms. The third-order valence-electron chi connectivity index (χ3n) is 5.22. The number of benzene rings is 4. The zero-order valence-electron chi connectivity index (χ0n) is 17.3. The molecular weight excluding hydrogens is 430 g/mol. The van der Waals surface area contributed by atoms with Crippen LogP contribution in [0.1, 0.15) is 0 Å². The lowest BCUT2D eigenvalue weighted by Crippen LogP contribution is -2.01. The average molecular weight is 448 g/mol. The number of nitrogen functional groups attached to an aromatic ring is 1. The largest absolute Gasteiger partial charge is 0.416 e. The third kappa shape index (κ3) is 3.86. The second-order valence-corrected chi connectivity index (χ2v) is 8.61. The molecule has 0 fully saturated rings. The lowest BCUT2D eigenvalue weighted by Gasteiger charge is -2.05. The Hall–Kier alpha value is -4.36. The van der Waals surface area contributed by atoms with E-state index < -0.39 is 0 Å². The van der Waals surface area contributed by atoms with E-state index in [1.165, 1.54) is 0 Å². The maximum atomic E-state index is 5.84. The minimum absolute atomic E-state index is 0.456. The van der Waals surface area contributed by atoms with Crippen molar-refractivity contribution in [2.24, 2.45) is 4.99 Å². The summed E-state index contributed by atoms with van der Waals surface area (Å²) >= 11 is 1.72. The zero-order valence-corrected chi connectivity index (χ0v) is 18.2. The maximum absolute atomic E-state index is 5.84. The molecule has 0 saturated heterocycles. The van der Waals surface area contributed by atoms with Crippen molar-refractivity contribution >= 4 is 32.9 Å². The van der Waals surface area contributed by atoms with Gasteiger partial charge < -0.3 is 10.2 Å². The summed E-state index contributed by atoms with van der Waals surface area (Å²) in [6, 6.07) is 29.3. The second kappa shape index (κ2) is 7.96. The SMILES string of the molecule is Nc1ccc(-c2nnc(-c3ccc(N=c4ccc5nc6ccccc6sc-5c4)cc3)o2)cc1. The van der Waals surface area contributed by atoms with Crippen molar-refractivity contribution in [1.82, 2.24) is 15.2 Å². The quantitative estimate of drug-likeness (QED) is 0.268. The topological polar surface area (TPSA) is 90.2 Å². The van der Waals surface area contributed by atoms with Crippen LogP contribution in [0.25, 0.3) is 43.7 Å². The molecule has 2 aliphatic rings. The molecule has 0 saturated carbocycles. The van der Waals surface area contributed by atoms with E-state index in [9.17, 15) is 0 Å². The van der Waals surface area contributed by atoms with Crippen LogP contribution in [0.2, 0.25) is 0 Å². The highest BCUT2D eigenvalue weighted by molar-refractivity contribution is 7.21. The average Bonchev–Trinajstić information content (AvgIpc) is 3.34. The number of hydrogen-bond acceptors (Lipinski definition) is 7. The molecule has 6 rings (SSSR count). The molecule has 1 aliphatic heterocycles. The number of hydrogen-bond donors (Lipinski definition) is 1. The van der Waals surface area contributed by atoms with Gasteiger partial charge in [0, 0.05) is 16.8 Å². The highest BCUT2D eigenvalue weighted by atomic mass is 32.1. The van der Waals surface area contributed by atoms with E-state index in [-0.39, 0.29) is 0 Å². The molecule has 0 unspecified atom stereocenters. The summed E-state index contributed by atoms with van der Waals surface area (Å²) in [5.41, 5.74) is 10.9. The molecule has 1 aliphatic carbocycles. The highest BCUT2D eigenvalue weighted by Gasteiger charge is 2.11. The normalized spacial score (nSPS) is 11.9. The zero-order chi connectivity index (χ0) is 22.2. The standard InChI is InChI=1S/C26H17N5OS/c27-18-9-5-16(6-10-18)25-30-31-26(32-25)17-7-11-19(12-8-17)28-20-13-14-22-24(15-20)33-23-4-2-1-3-21(23)29-22/h1-15H,27H2. The van der Waals surface area contributed by atoms with Crippen molar-refractivity contribution in [3.05, 3.63) is 96.4 Å². The molecule has 0 spiro atoms. The Morgan fingerprint density at radius 1 is 0.758 bits per heavy atom. The van der Waals surface area contributed by atoms with E-state index in [0.29, 0.717) is 17.5 Å². The Balaban J connectivity index is 1.29. The van der Waals surface area contributed by atoms with E-state index >= 15 is 0 Å². The van der Waals surface area contributed by atoms with Crippen LogP contribution in [0.3, 0.4) is 0 Å². The van der Waals surface area contributed by atoms with E-state index in [1.54, 1.807) is 11.3 Å². The number of fused-ring (bicyclic) bond motifs is 2. The first-order chi connectivity index (χ1) is 16.2. The van der Waals surface area contributed by atoms with Crippen LogP contribution >= 0.6 is 11.3 Å². The van der Waals surface area contributed by atoms with E-state index in [4.69, 9.17) is 20.1 Å². The number of rotatable bonds is 3. The maximum Gasteiger partial charge on any atom is 0.248 e. The first kappa shape index (κ1) is 19.3. The van der Waals surface area contributed by atoms with Crippen LogP contribution < -0.4 is 11.1 Å². The first-order valence-electron chi connectivity index (χ1n) is 10.4.